The van der Waals surface area contributed by atoms with E-state index < -0.39 is 0 Å². The maximum atomic E-state index is 14.0. The van der Waals surface area contributed by atoms with Crippen LogP contribution in [0, 0.1) is 5.82 Å². The predicted octanol–water partition coefficient (Wildman–Crippen LogP) is 3.46. The quantitative estimate of drug-likeness (QED) is 0.306. The number of guanidine groups is 1. The van der Waals surface area contributed by atoms with Gasteiger partial charge in [-0.2, -0.15) is 0 Å². The van der Waals surface area contributed by atoms with Crippen LogP contribution in [0.5, 0.6) is 0 Å². The summed E-state index contributed by atoms with van der Waals surface area (Å²) in [5.74, 6) is 0.472. The molecule has 6 nitrogen and oxygen atoms in total. The first kappa shape index (κ1) is 26.8. The second kappa shape index (κ2) is 13.3. The molecule has 2 N–H and O–H groups in total. The Hall–Kier alpha value is -2.20. The highest BCUT2D eigenvalue weighted by Crippen LogP contribution is 2.13. The van der Waals surface area contributed by atoms with E-state index in [1.165, 1.54) is 6.07 Å². The Morgan fingerprint density at radius 3 is 2.23 bits per heavy atom. The van der Waals surface area contributed by atoms with Crippen LogP contribution >= 0.6 is 24.0 Å². The predicted molar refractivity (Wildman–Crippen MR) is 135 cm³/mol. The second-order valence-electron chi connectivity index (χ2n) is 7.61. The van der Waals surface area contributed by atoms with E-state index >= 15 is 0 Å². The van der Waals surface area contributed by atoms with Crippen molar-refractivity contribution in [2.45, 2.75) is 26.6 Å². The zero-order valence-corrected chi connectivity index (χ0v) is 21.2. The number of amides is 1. The van der Waals surface area contributed by atoms with Crippen molar-refractivity contribution in [3.05, 3.63) is 70.5 Å². The molecule has 31 heavy (non-hydrogen) atoms. The fraction of sp³-hybridized carbons (Fsp3) is 0.391. The smallest absolute Gasteiger partial charge is 0.253 e. The average Bonchev–Trinajstić information content (AvgIpc) is 2.71. The number of aliphatic imine (C=N–C) groups is 1. The number of benzene rings is 2. The number of rotatable bonds is 8. The molecule has 0 bridgehead atoms. The molecule has 0 heterocycles. The number of nitrogens with one attached hydrogen (secondary N) is 2. The van der Waals surface area contributed by atoms with E-state index in [1.54, 1.807) is 25.1 Å². The Labute approximate surface area is 201 Å². The van der Waals surface area contributed by atoms with Gasteiger partial charge in [0.25, 0.3) is 5.91 Å². The van der Waals surface area contributed by atoms with Gasteiger partial charge >= 0.3 is 0 Å². The SMILES string of the molecule is CCNC(=NCc1ccc(F)c(CN(C)C)c1)NCc1ccc(C(=O)N(C)C)cc1.I. The number of hydrogen-bond donors (Lipinski definition) is 2. The van der Waals surface area contributed by atoms with Crippen LogP contribution in [0.2, 0.25) is 0 Å². The average molecular weight is 541 g/mol. The lowest BCUT2D eigenvalue weighted by Crippen LogP contribution is -2.36. The molecule has 0 aliphatic heterocycles. The lowest BCUT2D eigenvalue weighted by molar-refractivity contribution is 0.0827. The summed E-state index contributed by atoms with van der Waals surface area (Å²) < 4.78 is 14.0. The molecule has 0 aromatic heterocycles. The number of carbonyl (C=O) groups excluding carboxylic acids is 1. The minimum Gasteiger partial charge on any atom is -0.357 e. The van der Waals surface area contributed by atoms with Crippen molar-refractivity contribution in [2.24, 2.45) is 4.99 Å². The fourth-order valence-corrected chi connectivity index (χ4v) is 2.91. The van der Waals surface area contributed by atoms with Gasteiger partial charge < -0.3 is 20.4 Å². The Bertz CT molecular complexity index is 869. The van der Waals surface area contributed by atoms with Crippen molar-refractivity contribution < 1.29 is 9.18 Å². The van der Waals surface area contributed by atoms with E-state index in [0.29, 0.717) is 36.7 Å². The van der Waals surface area contributed by atoms with Crippen LogP contribution in [-0.2, 0) is 19.6 Å². The lowest BCUT2D eigenvalue weighted by Gasteiger charge is -2.14. The molecule has 0 atom stereocenters. The molecule has 0 spiro atoms. The second-order valence-corrected chi connectivity index (χ2v) is 7.61. The van der Waals surface area contributed by atoms with Gasteiger partial charge in [-0.1, -0.05) is 18.2 Å². The van der Waals surface area contributed by atoms with Crippen LogP contribution in [0.3, 0.4) is 0 Å². The molecule has 0 aliphatic rings. The van der Waals surface area contributed by atoms with Crippen LogP contribution in [0.25, 0.3) is 0 Å². The maximum Gasteiger partial charge on any atom is 0.253 e. The van der Waals surface area contributed by atoms with E-state index in [4.69, 9.17) is 0 Å². The molecular formula is C23H33FIN5O. The van der Waals surface area contributed by atoms with Crippen LogP contribution in [0.4, 0.5) is 4.39 Å². The zero-order valence-electron chi connectivity index (χ0n) is 18.9. The van der Waals surface area contributed by atoms with E-state index in [9.17, 15) is 9.18 Å². The fourth-order valence-electron chi connectivity index (χ4n) is 2.91. The van der Waals surface area contributed by atoms with Crippen molar-refractivity contribution in [3.63, 3.8) is 0 Å². The highest BCUT2D eigenvalue weighted by molar-refractivity contribution is 14.0. The molecule has 2 aromatic carbocycles. The Morgan fingerprint density at radius 2 is 1.65 bits per heavy atom. The monoisotopic (exact) mass is 541 g/mol. The van der Waals surface area contributed by atoms with Crippen molar-refractivity contribution >= 4 is 35.8 Å². The Morgan fingerprint density at radius 1 is 1.00 bits per heavy atom. The van der Waals surface area contributed by atoms with Gasteiger partial charge in [0.05, 0.1) is 6.54 Å². The van der Waals surface area contributed by atoms with Gasteiger partial charge in [0.2, 0.25) is 0 Å². The summed E-state index contributed by atoms with van der Waals surface area (Å²) in [6, 6.07) is 12.6. The van der Waals surface area contributed by atoms with Crippen LogP contribution in [0.15, 0.2) is 47.5 Å². The van der Waals surface area contributed by atoms with E-state index in [1.807, 2.05) is 56.3 Å². The first-order chi connectivity index (χ1) is 14.3. The molecule has 0 radical (unpaired) electrons. The summed E-state index contributed by atoms with van der Waals surface area (Å²) in [6.07, 6.45) is 0. The first-order valence-corrected chi connectivity index (χ1v) is 10.0. The number of carbonyl (C=O) groups is 1. The van der Waals surface area contributed by atoms with Crippen molar-refractivity contribution in [1.82, 2.24) is 20.4 Å². The van der Waals surface area contributed by atoms with Gasteiger partial charge in [-0.25, -0.2) is 9.38 Å². The molecule has 0 saturated carbocycles. The molecule has 0 fully saturated rings. The highest BCUT2D eigenvalue weighted by Gasteiger charge is 2.08. The molecule has 8 heteroatoms. The minimum absolute atomic E-state index is 0. The molecule has 2 rings (SSSR count). The Balaban J connectivity index is 0.00000480. The Kier molecular flexibility index (Phi) is 11.5. The van der Waals surface area contributed by atoms with E-state index in [2.05, 4.69) is 15.6 Å². The van der Waals surface area contributed by atoms with Gasteiger partial charge in [-0.05, 0) is 56.4 Å². The number of hydrogen-bond acceptors (Lipinski definition) is 3. The van der Waals surface area contributed by atoms with Crippen LogP contribution in [0.1, 0.15) is 34.0 Å². The lowest BCUT2D eigenvalue weighted by atomic mass is 10.1. The molecule has 1 amide bonds. The van der Waals surface area contributed by atoms with Crippen molar-refractivity contribution in [2.75, 3.05) is 34.7 Å². The molecule has 0 saturated heterocycles. The van der Waals surface area contributed by atoms with Gasteiger partial charge in [0.15, 0.2) is 5.96 Å². The van der Waals surface area contributed by atoms with E-state index in [-0.39, 0.29) is 35.7 Å². The summed E-state index contributed by atoms with van der Waals surface area (Å²) in [4.78, 5) is 20.1. The molecule has 170 valence electrons. The third-order valence-electron chi connectivity index (χ3n) is 4.43. The normalized spacial score (nSPS) is 11.1. The van der Waals surface area contributed by atoms with Crippen LogP contribution < -0.4 is 10.6 Å². The van der Waals surface area contributed by atoms with Gasteiger partial charge in [-0.15, -0.1) is 24.0 Å². The van der Waals surface area contributed by atoms with Crippen molar-refractivity contribution in [1.29, 1.82) is 0 Å². The van der Waals surface area contributed by atoms with Crippen molar-refractivity contribution in [3.8, 4) is 0 Å². The summed E-state index contributed by atoms with van der Waals surface area (Å²) in [6.45, 7) is 4.32. The molecule has 2 aromatic rings. The summed E-state index contributed by atoms with van der Waals surface area (Å²) in [5, 5.41) is 6.52. The first-order valence-electron chi connectivity index (χ1n) is 10.0. The largest absolute Gasteiger partial charge is 0.357 e. The third kappa shape index (κ3) is 8.82. The summed E-state index contributed by atoms with van der Waals surface area (Å²) in [7, 11) is 7.31. The molecule has 0 aliphatic carbocycles. The maximum absolute atomic E-state index is 14.0. The summed E-state index contributed by atoms with van der Waals surface area (Å²) >= 11 is 0. The standard InChI is InChI=1S/C23H32FN5O.HI/c1-6-25-23(26-14-17-7-10-19(11-8-17)22(30)29(4)5)27-15-18-9-12-21(24)20(13-18)16-28(2)3;/h7-13H,6,14-16H2,1-5H3,(H2,25,26,27);1H. The third-order valence-corrected chi connectivity index (χ3v) is 4.43. The van der Waals surface area contributed by atoms with E-state index in [0.717, 1.165) is 17.7 Å². The molecule has 0 unspecified atom stereocenters. The molecular weight excluding hydrogens is 508 g/mol. The van der Waals surface area contributed by atoms with Crippen LogP contribution in [-0.4, -0.2) is 56.4 Å². The highest BCUT2D eigenvalue weighted by atomic mass is 127. The number of halogens is 2. The van der Waals surface area contributed by atoms with Gasteiger partial charge in [0, 0.05) is 44.9 Å². The topological polar surface area (TPSA) is 60.0 Å². The van der Waals surface area contributed by atoms with Gasteiger partial charge in [0.1, 0.15) is 5.82 Å². The van der Waals surface area contributed by atoms with Gasteiger partial charge in [-0.3, -0.25) is 4.79 Å². The minimum atomic E-state index is -0.197. The summed E-state index contributed by atoms with van der Waals surface area (Å²) in [5.41, 5.74) is 3.33. The zero-order chi connectivity index (χ0) is 22.1. The number of nitrogens with zero attached hydrogens (tertiary/aromatic N) is 3.